The molecule has 2 saturated carbocycles. The molecule has 294 valence electrons. The standard InChI is InChI=1S/C38H51FN6O8S/c1-22(2)52-31-19-30(26-14-15-27(39)23(3)32(26)41-31)53-25-18-29-33(46)42-38(35(48)43-54(50,51)37(4)16-17-37)20-24(38)12-10-8-7-9-11-13-28(34(47)45(29)21-25)40-36(49)44(5)6/h10,12,14-15,19,22,24-25,28-29H,7-9,11,13,16-18,20-21H2,1-6H3,(H,40,49)(H,42,46)(H,43,48)/t24-,25-,28+,29+,38-/m1/s1. The maximum absolute atomic E-state index is 14.7. The molecule has 5 atom stereocenters. The number of benzene rings is 1. The summed E-state index contributed by atoms with van der Waals surface area (Å²) in [6.07, 6.45) is 7.04. The maximum Gasteiger partial charge on any atom is 0.317 e. The van der Waals surface area contributed by atoms with Crippen molar-refractivity contribution in [2.24, 2.45) is 5.92 Å². The molecule has 1 aromatic heterocycles. The van der Waals surface area contributed by atoms with Crippen molar-refractivity contribution in [2.45, 2.75) is 120 Å². The lowest BCUT2D eigenvalue weighted by atomic mass is 10.0. The zero-order valence-electron chi connectivity index (χ0n) is 31.7. The van der Waals surface area contributed by atoms with Gasteiger partial charge in [0.15, 0.2) is 0 Å². The van der Waals surface area contributed by atoms with Gasteiger partial charge in [0.25, 0.3) is 5.91 Å². The maximum atomic E-state index is 14.7. The predicted molar refractivity (Wildman–Crippen MR) is 199 cm³/mol. The van der Waals surface area contributed by atoms with Crippen molar-refractivity contribution in [3.05, 3.63) is 41.7 Å². The van der Waals surface area contributed by atoms with Gasteiger partial charge in [0.05, 0.1) is 22.9 Å². The smallest absolute Gasteiger partial charge is 0.317 e. The normalized spacial score (nSPS) is 26.9. The highest BCUT2D eigenvalue weighted by Gasteiger charge is 2.63. The lowest BCUT2D eigenvalue weighted by Gasteiger charge is -2.30. The van der Waals surface area contributed by atoms with Crippen LogP contribution < -0.4 is 24.8 Å². The molecule has 6 rings (SSSR count). The quantitative estimate of drug-likeness (QED) is 0.337. The fourth-order valence-electron chi connectivity index (χ4n) is 7.15. The number of hydrogen-bond donors (Lipinski definition) is 3. The molecule has 3 fully saturated rings. The number of carbonyl (C=O) groups is 4. The Kier molecular flexibility index (Phi) is 10.9. The molecule has 14 nitrogen and oxygen atoms in total. The number of pyridine rings is 1. The van der Waals surface area contributed by atoms with Crippen LogP contribution in [0, 0.1) is 18.7 Å². The van der Waals surface area contributed by atoms with E-state index in [-0.39, 0.29) is 31.4 Å². The first kappa shape index (κ1) is 39.2. The SMILES string of the molecule is Cc1c(F)ccc2c(O[C@@H]3C[C@H]4C(=O)N[C@]5(C(=O)NS(=O)(=O)C6(C)CC6)C[C@H]5C=CCCCCC[C@H](NC(=O)N(C)C)C(=O)N4C3)cc(OC(C)C)nc12. The third-order valence-corrected chi connectivity index (χ3v) is 13.1. The Morgan fingerprint density at radius 2 is 1.89 bits per heavy atom. The number of aromatic nitrogens is 1. The van der Waals surface area contributed by atoms with Crippen molar-refractivity contribution in [2.75, 3.05) is 20.6 Å². The monoisotopic (exact) mass is 770 g/mol. The number of sulfonamides is 1. The fraction of sp³-hybridized carbons (Fsp3) is 0.605. The summed E-state index contributed by atoms with van der Waals surface area (Å²) in [6.45, 7) is 6.79. The molecule has 0 bridgehead atoms. The Morgan fingerprint density at radius 3 is 2.57 bits per heavy atom. The zero-order chi connectivity index (χ0) is 39.2. The summed E-state index contributed by atoms with van der Waals surface area (Å²) in [5.41, 5.74) is -0.898. The van der Waals surface area contributed by atoms with E-state index in [0.717, 1.165) is 12.8 Å². The van der Waals surface area contributed by atoms with Crippen LogP contribution in [-0.4, -0.2) is 102 Å². The minimum Gasteiger partial charge on any atom is -0.488 e. The van der Waals surface area contributed by atoms with Gasteiger partial charge in [0, 0.05) is 43.5 Å². The van der Waals surface area contributed by atoms with Crippen LogP contribution in [0.4, 0.5) is 9.18 Å². The van der Waals surface area contributed by atoms with Gasteiger partial charge in [-0.25, -0.2) is 22.6 Å². The number of amides is 5. The molecule has 16 heteroatoms. The van der Waals surface area contributed by atoms with Gasteiger partial charge in [-0.3, -0.25) is 19.1 Å². The molecule has 2 aromatic rings. The Balaban J connectivity index is 1.35. The second-order valence-corrected chi connectivity index (χ2v) is 18.0. The minimum absolute atomic E-state index is 0.00482. The summed E-state index contributed by atoms with van der Waals surface area (Å²) in [6, 6.07) is 1.90. The first-order valence-corrected chi connectivity index (χ1v) is 20.2. The summed E-state index contributed by atoms with van der Waals surface area (Å²) >= 11 is 0. The largest absolute Gasteiger partial charge is 0.488 e. The van der Waals surface area contributed by atoms with Crippen molar-refractivity contribution < 1.29 is 41.5 Å². The summed E-state index contributed by atoms with van der Waals surface area (Å²) in [5, 5.41) is 6.20. The number of nitrogens with zero attached hydrogens (tertiary/aromatic N) is 3. The number of ether oxygens (including phenoxy) is 2. The second kappa shape index (κ2) is 15.0. The number of nitrogens with one attached hydrogen (secondary N) is 3. The van der Waals surface area contributed by atoms with E-state index >= 15 is 0 Å². The van der Waals surface area contributed by atoms with Crippen LogP contribution in [0.25, 0.3) is 10.9 Å². The molecule has 3 N–H and O–H groups in total. The minimum atomic E-state index is -4.00. The number of aryl methyl sites for hydroxylation is 1. The Morgan fingerprint density at radius 1 is 1.15 bits per heavy atom. The molecule has 4 aliphatic rings. The second-order valence-electron chi connectivity index (χ2n) is 15.8. The fourth-order valence-corrected chi connectivity index (χ4v) is 8.47. The van der Waals surface area contributed by atoms with Gasteiger partial charge in [0.1, 0.15) is 35.3 Å². The van der Waals surface area contributed by atoms with Gasteiger partial charge in [-0.1, -0.05) is 25.0 Å². The summed E-state index contributed by atoms with van der Waals surface area (Å²) in [5.74, 6) is -2.32. The molecular weight excluding hydrogens is 720 g/mol. The highest BCUT2D eigenvalue weighted by Crippen LogP contribution is 2.47. The first-order chi connectivity index (χ1) is 25.4. The van der Waals surface area contributed by atoms with Crippen LogP contribution in [0.5, 0.6) is 11.6 Å². The van der Waals surface area contributed by atoms with Crippen LogP contribution in [0.1, 0.15) is 84.1 Å². The first-order valence-electron chi connectivity index (χ1n) is 18.7. The van der Waals surface area contributed by atoms with E-state index in [9.17, 15) is 32.0 Å². The molecule has 1 saturated heterocycles. The summed E-state index contributed by atoms with van der Waals surface area (Å²) in [7, 11) is -0.866. The molecule has 2 aliphatic carbocycles. The van der Waals surface area contributed by atoms with Crippen molar-refractivity contribution in [3.8, 4) is 11.6 Å². The van der Waals surface area contributed by atoms with Crippen molar-refractivity contribution in [3.63, 3.8) is 0 Å². The van der Waals surface area contributed by atoms with E-state index in [2.05, 4.69) is 20.3 Å². The molecule has 54 heavy (non-hydrogen) atoms. The third kappa shape index (κ3) is 7.98. The summed E-state index contributed by atoms with van der Waals surface area (Å²) < 4.78 is 54.6. The average molecular weight is 771 g/mol. The molecule has 3 heterocycles. The van der Waals surface area contributed by atoms with Gasteiger partial charge < -0.3 is 29.9 Å². The third-order valence-electron chi connectivity index (χ3n) is 10.9. The molecular formula is C38H51FN6O8S. The van der Waals surface area contributed by atoms with E-state index in [0.29, 0.717) is 54.3 Å². The van der Waals surface area contributed by atoms with Crippen LogP contribution >= 0.6 is 0 Å². The highest BCUT2D eigenvalue weighted by atomic mass is 32.2. The molecule has 5 amide bonds. The predicted octanol–water partition coefficient (Wildman–Crippen LogP) is 3.85. The topological polar surface area (TPSA) is 176 Å². The van der Waals surface area contributed by atoms with Crippen LogP contribution in [0.3, 0.4) is 0 Å². The number of hydrogen-bond acceptors (Lipinski definition) is 9. The Hall–Kier alpha value is -4.47. The Bertz CT molecular complexity index is 1970. The molecule has 1 aromatic carbocycles. The number of halogens is 1. The van der Waals surface area contributed by atoms with Crippen molar-refractivity contribution in [1.82, 2.24) is 30.1 Å². The average Bonchev–Trinajstić information content (AvgIpc) is 3.98. The number of carbonyl (C=O) groups excluding carboxylic acids is 4. The molecule has 0 radical (unpaired) electrons. The summed E-state index contributed by atoms with van der Waals surface area (Å²) in [4.78, 5) is 62.8. The lowest BCUT2D eigenvalue weighted by molar-refractivity contribution is -0.141. The van der Waals surface area contributed by atoms with Crippen molar-refractivity contribution in [1.29, 1.82) is 0 Å². The van der Waals surface area contributed by atoms with Gasteiger partial charge in [-0.15, -0.1) is 0 Å². The van der Waals surface area contributed by atoms with E-state index in [4.69, 9.17) is 9.47 Å². The van der Waals surface area contributed by atoms with Crippen molar-refractivity contribution >= 4 is 44.7 Å². The number of fused-ring (bicyclic) bond motifs is 3. The van der Waals surface area contributed by atoms with Gasteiger partial charge >= 0.3 is 6.03 Å². The number of rotatable bonds is 8. The van der Waals surface area contributed by atoms with Gasteiger partial charge in [-0.2, -0.15) is 0 Å². The van der Waals surface area contributed by atoms with Gasteiger partial charge in [0.2, 0.25) is 27.7 Å². The molecule has 0 unspecified atom stereocenters. The van der Waals surface area contributed by atoms with Crippen LogP contribution in [0.15, 0.2) is 30.4 Å². The van der Waals surface area contributed by atoms with E-state index in [1.807, 2.05) is 26.0 Å². The van der Waals surface area contributed by atoms with E-state index < -0.39 is 74.0 Å². The van der Waals surface area contributed by atoms with Crippen LogP contribution in [-0.2, 0) is 24.4 Å². The van der Waals surface area contributed by atoms with E-state index in [1.54, 1.807) is 40.1 Å². The Labute approximate surface area is 315 Å². The van der Waals surface area contributed by atoms with Gasteiger partial charge in [-0.05, 0) is 78.4 Å². The lowest BCUT2D eigenvalue weighted by Crippen LogP contribution is -2.59. The molecule has 0 spiro atoms. The number of urea groups is 1. The highest BCUT2D eigenvalue weighted by molar-refractivity contribution is 7.91. The number of allylic oxidation sites excluding steroid dienone is 1. The van der Waals surface area contributed by atoms with Crippen LogP contribution in [0.2, 0.25) is 0 Å². The molecule has 2 aliphatic heterocycles. The zero-order valence-corrected chi connectivity index (χ0v) is 32.6. The van der Waals surface area contributed by atoms with E-state index in [1.165, 1.54) is 15.9 Å².